The first-order chi connectivity index (χ1) is 8.24. The maximum atomic E-state index is 13.4. The molecular weight excluding hydrogens is 289 g/mol. The Morgan fingerprint density at radius 2 is 2.06 bits per heavy atom. The van der Waals surface area contributed by atoms with E-state index in [0.717, 1.165) is 6.07 Å². The van der Waals surface area contributed by atoms with Gasteiger partial charge in [-0.3, -0.25) is 0 Å². The van der Waals surface area contributed by atoms with Gasteiger partial charge in [0.2, 0.25) is 0 Å². The Hall–Kier alpha value is -1.19. The number of halogens is 3. The number of alkyl halides is 2. The Kier molecular flexibility index (Phi) is 4.65. The minimum atomic E-state index is -4.74. The lowest BCUT2D eigenvalue weighted by atomic mass is 10.1. The Morgan fingerprint density at radius 1 is 1.44 bits per heavy atom. The van der Waals surface area contributed by atoms with Gasteiger partial charge in [-0.2, -0.15) is 8.78 Å². The highest BCUT2D eigenvalue weighted by atomic mass is 32.2. The second-order valence-electron chi connectivity index (χ2n) is 3.30. The van der Waals surface area contributed by atoms with Gasteiger partial charge in [0.15, 0.2) is 0 Å². The third kappa shape index (κ3) is 3.65. The van der Waals surface area contributed by atoms with E-state index >= 15 is 0 Å². The van der Waals surface area contributed by atoms with Gasteiger partial charge in [0.1, 0.15) is 10.8 Å². The van der Waals surface area contributed by atoms with Crippen molar-refractivity contribution in [3.63, 3.8) is 0 Å². The zero-order valence-corrected chi connectivity index (χ0v) is 10.5. The lowest BCUT2D eigenvalue weighted by Gasteiger charge is -2.07. The number of nitrogens with one attached hydrogen (secondary N) is 1. The van der Waals surface area contributed by atoms with E-state index in [4.69, 9.17) is 5.73 Å². The van der Waals surface area contributed by atoms with Crippen molar-refractivity contribution in [2.24, 2.45) is 5.73 Å². The van der Waals surface area contributed by atoms with Crippen LogP contribution in [0.5, 0.6) is 0 Å². The molecule has 1 aromatic rings. The standard InChI is InChI=1S/C9H9F3N2O2S2/c10-7-3-5(8(13)17)1-2-6(7)4-14-18(15,16)9(11)12/h1-3,9,14H,4H2,(H2,13,17). The smallest absolute Gasteiger partial charge is 0.350 e. The summed E-state index contributed by atoms with van der Waals surface area (Å²) in [6, 6.07) is 3.60. The summed E-state index contributed by atoms with van der Waals surface area (Å²) in [5.74, 6) is -4.34. The van der Waals surface area contributed by atoms with E-state index in [1.807, 2.05) is 0 Å². The van der Waals surface area contributed by atoms with Crippen LogP contribution in [0.25, 0.3) is 0 Å². The highest BCUT2D eigenvalue weighted by Gasteiger charge is 2.23. The fourth-order valence-corrected chi connectivity index (χ4v) is 1.69. The van der Waals surface area contributed by atoms with Crippen LogP contribution < -0.4 is 10.5 Å². The molecule has 18 heavy (non-hydrogen) atoms. The van der Waals surface area contributed by atoms with Crippen molar-refractivity contribution in [3.8, 4) is 0 Å². The molecule has 0 saturated carbocycles. The zero-order valence-electron chi connectivity index (χ0n) is 8.86. The van der Waals surface area contributed by atoms with Crippen molar-refractivity contribution in [3.05, 3.63) is 35.1 Å². The van der Waals surface area contributed by atoms with Crippen LogP contribution in [0.4, 0.5) is 13.2 Å². The molecule has 1 rings (SSSR count). The average Bonchev–Trinajstić information content (AvgIpc) is 2.26. The summed E-state index contributed by atoms with van der Waals surface area (Å²) in [5, 5.41) is 0. The number of benzene rings is 1. The summed E-state index contributed by atoms with van der Waals surface area (Å²) in [6.07, 6.45) is 0. The van der Waals surface area contributed by atoms with E-state index < -0.39 is 28.1 Å². The Bertz CT molecular complexity index is 561. The maximum Gasteiger partial charge on any atom is 0.350 e. The van der Waals surface area contributed by atoms with Gasteiger partial charge in [-0.25, -0.2) is 17.5 Å². The molecule has 0 saturated heterocycles. The molecule has 0 spiro atoms. The van der Waals surface area contributed by atoms with Crippen molar-refractivity contribution >= 4 is 27.2 Å². The van der Waals surface area contributed by atoms with Crippen molar-refractivity contribution in [2.45, 2.75) is 12.3 Å². The second-order valence-corrected chi connectivity index (χ2v) is 5.47. The van der Waals surface area contributed by atoms with Crippen LogP contribution in [0, 0.1) is 5.82 Å². The Labute approximate surface area is 107 Å². The molecule has 100 valence electrons. The first kappa shape index (κ1) is 14.9. The molecule has 0 unspecified atom stereocenters. The lowest BCUT2D eigenvalue weighted by Crippen LogP contribution is -2.29. The van der Waals surface area contributed by atoms with Gasteiger partial charge in [0, 0.05) is 17.7 Å². The average molecular weight is 298 g/mol. The normalized spacial score (nSPS) is 11.8. The highest BCUT2D eigenvalue weighted by molar-refractivity contribution is 7.89. The minimum absolute atomic E-state index is 0.0198. The predicted octanol–water partition coefficient (Wildman–Crippen LogP) is 1.10. The van der Waals surface area contributed by atoms with E-state index in [2.05, 4.69) is 12.2 Å². The molecule has 4 nitrogen and oxygen atoms in total. The first-order valence-corrected chi connectivity index (χ1v) is 6.54. The number of rotatable bonds is 5. The molecule has 0 aliphatic rings. The maximum absolute atomic E-state index is 13.4. The molecular formula is C9H9F3N2O2S2. The third-order valence-corrected chi connectivity index (χ3v) is 3.29. The molecule has 0 aromatic heterocycles. The number of hydrogen-bond acceptors (Lipinski definition) is 3. The van der Waals surface area contributed by atoms with Gasteiger partial charge in [-0.15, -0.1) is 0 Å². The van der Waals surface area contributed by atoms with Crippen molar-refractivity contribution in [1.29, 1.82) is 0 Å². The molecule has 0 amide bonds. The number of thiocarbonyl (C=S) groups is 1. The molecule has 3 N–H and O–H groups in total. The third-order valence-electron chi connectivity index (χ3n) is 2.04. The van der Waals surface area contributed by atoms with E-state index in [1.165, 1.54) is 12.1 Å². The predicted molar refractivity (Wildman–Crippen MR) is 64.1 cm³/mol. The van der Waals surface area contributed by atoms with Gasteiger partial charge in [-0.1, -0.05) is 24.4 Å². The summed E-state index contributed by atoms with van der Waals surface area (Å²) in [5.41, 5.74) is 5.45. The van der Waals surface area contributed by atoms with Crippen molar-refractivity contribution < 1.29 is 21.6 Å². The minimum Gasteiger partial charge on any atom is -0.389 e. The molecule has 0 fully saturated rings. The molecule has 0 heterocycles. The van der Waals surface area contributed by atoms with E-state index in [-0.39, 0.29) is 16.1 Å². The molecule has 0 radical (unpaired) electrons. The van der Waals surface area contributed by atoms with Crippen molar-refractivity contribution in [1.82, 2.24) is 4.72 Å². The van der Waals surface area contributed by atoms with Gasteiger partial charge in [-0.05, 0) is 6.07 Å². The second kappa shape index (κ2) is 5.63. The number of hydrogen-bond donors (Lipinski definition) is 2. The summed E-state index contributed by atoms with van der Waals surface area (Å²) >= 11 is 4.62. The highest BCUT2D eigenvalue weighted by Crippen LogP contribution is 2.12. The summed E-state index contributed by atoms with van der Waals surface area (Å²) in [6.45, 7) is -0.573. The van der Waals surface area contributed by atoms with Gasteiger partial charge in [0.25, 0.3) is 10.0 Å². The summed E-state index contributed by atoms with van der Waals surface area (Å²) < 4.78 is 60.6. The molecule has 0 atom stereocenters. The van der Waals surface area contributed by atoms with Crippen LogP contribution in [-0.2, 0) is 16.6 Å². The summed E-state index contributed by atoms with van der Waals surface area (Å²) in [7, 11) is -4.74. The fourth-order valence-electron chi connectivity index (χ4n) is 1.09. The quantitative estimate of drug-likeness (QED) is 0.799. The Balaban J connectivity index is 2.84. The number of sulfonamides is 1. The topological polar surface area (TPSA) is 72.2 Å². The molecule has 1 aromatic carbocycles. The molecule has 0 bridgehead atoms. The van der Waals surface area contributed by atoms with E-state index in [0.29, 0.717) is 0 Å². The van der Waals surface area contributed by atoms with Crippen molar-refractivity contribution in [2.75, 3.05) is 0 Å². The molecule has 0 aliphatic carbocycles. The van der Waals surface area contributed by atoms with Crippen LogP contribution >= 0.6 is 12.2 Å². The zero-order chi connectivity index (χ0) is 13.9. The lowest BCUT2D eigenvalue weighted by molar-refractivity contribution is 0.232. The summed E-state index contributed by atoms with van der Waals surface area (Å²) in [4.78, 5) is -0.0198. The van der Waals surface area contributed by atoms with Gasteiger partial charge >= 0.3 is 5.76 Å². The van der Waals surface area contributed by atoms with Crippen LogP contribution in [-0.4, -0.2) is 19.2 Å². The largest absolute Gasteiger partial charge is 0.389 e. The Morgan fingerprint density at radius 3 is 2.50 bits per heavy atom. The monoisotopic (exact) mass is 298 g/mol. The van der Waals surface area contributed by atoms with Crippen LogP contribution in [0.3, 0.4) is 0 Å². The van der Waals surface area contributed by atoms with Gasteiger partial charge < -0.3 is 5.73 Å². The number of nitrogens with two attached hydrogens (primary N) is 1. The van der Waals surface area contributed by atoms with Crippen LogP contribution in [0.1, 0.15) is 11.1 Å². The van der Waals surface area contributed by atoms with Crippen LogP contribution in [0.2, 0.25) is 0 Å². The fraction of sp³-hybridized carbons (Fsp3) is 0.222. The SMILES string of the molecule is NC(=S)c1ccc(CNS(=O)(=O)C(F)F)c(F)c1. The molecule has 0 aliphatic heterocycles. The first-order valence-electron chi connectivity index (χ1n) is 4.59. The van der Waals surface area contributed by atoms with E-state index in [1.54, 1.807) is 4.72 Å². The van der Waals surface area contributed by atoms with Gasteiger partial charge in [0.05, 0.1) is 0 Å². The van der Waals surface area contributed by atoms with Crippen LogP contribution in [0.15, 0.2) is 18.2 Å². The molecule has 9 heteroatoms. The van der Waals surface area contributed by atoms with E-state index in [9.17, 15) is 21.6 Å².